The van der Waals surface area contributed by atoms with E-state index in [9.17, 15) is 4.79 Å². The molecule has 19 heavy (non-hydrogen) atoms. The van der Waals surface area contributed by atoms with Crippen molar-refractivity contribution in [3.8, 4) is 0 Å². The van der Waals surface area contributed by atoms with E-state index in [4.69, 9.17) is 4.74 Å². The molecule has 1 aliphatic heterocycles. The molecule has 1 atom stereocenters. The Morgan fingerprint density at radius 1 is 1.26 bits per heavy atom. The molecule has 0 aliphatic carbocycles. The van der Waals surface area contributed by atoms with Gasteiger partial charge in [0.1, 0.15) is 5.60 Å². The lowest BCUT2D eigenvalue weighted by molar-refractivity contribution is -0.159. The van der Waals surface area contributed by atoms with Crippen LogP contribution in [-0.2, 0) is 9.53 Å². The number of esters is 1. The van der Waals surface area contributed by atoms with Crippen molar-refractivity contribution in [2.75, 3.05) is 32.7 Å². The number of carbonyl (C=O) groups excluding carboxylic acids is 1. The first-order valence-corrected chi connectivity index (χ1v) is 7.54. The van der Waals surface area contributed by atoms with Crippen LogP contribution in [0.1, 0.15) is 47.0 Å². The van der Waals surface area contributed by atoms with Gasteiger partial charge in [0, 0.05) is 19.6 Å². The average molecular weight is 270 g/mol. The lowest BCUT2D eigenvalue weighted by atomic mass is 10.1. The van der Waals surface area contributed by atoms with Crippen molar-refractivity contribution in [1.29, 1.82) is 0 Å². The van der Waals surface area contributed by atoms with Gasteiger partial charge < -0.3 is 15.0 Å². The number of hydrogen-bond donors (Lipinski definition) is 1. The molecule has 1 N–H and O–H groups in total. The van der Waals surface area contributed by atoms with E-state index in [1.807, 2.05) is 27.7 Å². The molecule has 4 nitrogen and oxygen atoms in total. The van der Waals surface area contributed by atoms with E-state index in [2.05, 4.69) is 10.2 Å². The van der Waals surface area contributed by atoms with Crippen LogP contribution in [0.25, 0.3) is 0 Å². The molecule has 0 saturated carbocycles. The molecule has 1 saturated heterocycles. The third-order valence-corrected chi connectivity index (χ3v) is 3.31. The highest BCUT2D eigenvalue weighted by Crippen LogP contribution is 2.11. The zero-order valence-electron chi connectivity index (χ0n) is 13.0. The van der Waals surface area contributed by atoms with Gasteiger partial charge >= 0.3 is 5.97 Å². The molecule has 1 aliphatic rings. The standard InChI is InChI=1S/C15H30N2O2/c1-13(14(18)19-15(2,3)4)12-16-8-11-17-9-6-5-7-10-17/h13,16H,5-12H2,1-4H3. The van der Waals surface area contributed by atoms with E-state index < -0.39 is 0 Å². The molecular formula is C15H30N2O2. The van der Waals surface area contributed by atoms with Gasteiger partial charge in [-0.1, -0.05) is 13.3 Å². The minimum Gasteiger partial charge on any atom is -0.460 e. The molecule has 1 rings (SSSR count). The van der Waals surface area contributed by atoms with E-state index in [1.54, 1.807) is 0 Å². The summed E-state index contributed by atoms with van der Waals surface area (Å²) < 4.78 is 5.36. The number of nitrogens with zero attached hydrogens (tertiary/aromatic N) is 1. The van der Waals surface area contributed by atoms with Gasteiger partial charge in [0.05, 0.1) is 5.92 Å². The number of nitrogens with one attached hydrogen (secondary N) is 1. The van der Waals surface area contributed by atoms with Crippen LogP contribution in [0.5, 0.6) is 0 Å². The third-order valence-electron chi connectivity index (χ3n) is 3.31. The second-order valence-corrected chi connectivity index (χ2v) is 6.54. The maximum atomic E-state index is 11.8. The first-order chi connectivity index (χ1) is 8.88. The van der Waals surface area contributed by atoms with E-state index in [0.717, 1.165) is 13.1 Å². The summed E-state index contributed by atoms with van der Waals surface area (Å²) in [6.07, 6.45) is 4.03. The molecule has 0 aromatic heterocycles. The second-order valence-electron chi connectivity index (χ2n) is 6.54. The minimum absolute atomic E-state index is 0.0828. The van der Waals surface area contributed by atoms with Gasteiger partial charge in [-0.2, -0.15) is 0 Å². The Balaban J connectivity index is 2.09. The highest BCUT2D eigenvalue weighted by Gasteiger charge is 2.21. The summed E-state index contributed by atoms with van der Waals surface area (Å²) in [5.74, 6) is -0.196. The average Bonchev–Trinajstić information content (AvgIpc) is 2.33. The Bertz CT molecular complexity index is 268. The summed E-state index contributed by atoms with van der Waals surface area (Å²) in [6.45, 7) is 12.8. The molecule has 0 aromatic carbocycles. The van der Waals surface area contributed by atoms with Crippen molar-refractivity contribution in [2.45, 2.75) is 52.6 Å². The normalized spacial score (nSPS) is 19.2. The molecule has 0 amide bonds. The van der Waals surface area contributed by atoms with Gasteiger partial charge in [-0.15, -0.1) is 0 Å². The van der Waals surface area contributed by atoms with Crippen molar-refractivity contribution >= 4 is 5.97 Å². The minimum atomic E-state index is -0.390. The van der Waals surface area contributed by atoms with Crippen LogP contribution < -0.4 is 5.32 Å². The summed E-state index contributed by atoms with van der Waals surface area (Å²) in [5.41, 5.74) is -0.390. The smallest absolute Gasteiger partial charge is 0.310 e. The number of carbonyl (C=O) groups is 1. The summed E-state index contributed by atoms with van der Waals surface area (Å²) in [4.78, 5) is 14.3. The van der Waals surface area contributed by atoms with Crippen LogP contribution in [0.3, 0.4) is 0 Å². The Morgan fingerprint density at radius 2 is 1.89 bits per heavy atom. The quantitative estimate of drug-likeness (QED) is 0.592. The van der Waals surface area contributed by atoms with Crippen LogP contribution in [0.4, 0.5) is 0 Å². The molecule has 1 fully saturated rings. The van der Waals surface area contributed by atoms with Crippen molar-refractivity contribution < 1.29 is 9.53 Å². The summed E-state index contributed by atoms with van der Waals surface area (Å²) in [6, 6.07) is 0. The van der Waals surface area contributed by atoms with Crippen LogP contribution in [0.15, 0.2) is 0 Å². The fourth-order valence-electron chi connectivity index (χ4n) is 2.22. The van der Waals surface area contributed by atoms with Crippen molar-refractivity contribution in [1.82, 2.24) is 10.2 Å². The molecular weight excluding hydrogens is 240 g/mol. The van der Waals surface area contributed by atoms with Crippen molar-refractivity contribution in [3.05, 3.63) is 0 Å². The molecule has 1 unspecified atom stereocenters. The maximum Gasteiger partial charge on any atom is 0.310 e. The molecule has 0 spiro atoms. The largest absolute Gasteiger partial charge is 0.460 e. The molecule has 0 bridgehead atoms. The lowest BCUT2D eigenvalue weighted by Gasteiger charge is -2.26. The van der Waals surface area contributed by atoms with Crippen LogP contribution in [-0.4, -0.2) is 49.2 Å². The maximum absolute atomic E-state index is 11.8. The zero-order valence-corrected chi connectivity index (χ0v) is 13.0. The summed E-state index contributed by atoms with van der Waals surface area (Å²) >= 11 is 0. The number of rotatable bonds is 6. The topological polar surface area (TPSA) is 41.6 Å². The Hall–Kier alpha value is -0.610. The highest BCUT2D eigenvalue weighted by molar-refractivity contribution is 5.72. The first-order valence-electron chi connectivity index (χ1n) is 7.54. The van der Waals surface area contributed by atoms with E-state index in [0.29, 0.717) is 6.54 Å². The molecule has 4 heteroatoms. The van der Waals surface area contributed by atoms with Crippen molar-refractivity contribution in [2.24, 2.45) is 5.92 Å². The van der Waals surface area contributed by atoms with Gasteiger partial charge in [0.2, 0.25) is 0 Å². The zero-order chi connectivity index (χ0) is 14.3. The Labute approximate surface area is 117 Å². The Kier molecular flexibility index (Phi) is 6.80. The van der Waals surface area contributed by atoms with Gasteiger partial charge in [0.15, 0.2) is 0 Å². The SMILES string of the molecule is CC(CNCCN1CCCCC1)C(=O)OC(C)(C)C. The van der Waals surface area contributed by atoms with Crippen LogP contribution >= 0.6 is 0 Å². The highest BCUT2D eigenvalue weighted by atomic mass is 16.6. The molecule has 0 aromatic rings. The van der Waals surface area contributed by atoms with Crippen LogP contribution in [0, 0.1) is 5.92 Å². The fraction of sp³-hybridized carbons (Fsp3) is 0.933. The summed E-state index contributed by atoms with van der Waals surface area (Å²) in [5, 5.41) is 3.36. The number of hydrogen-bond acceptors (Lipinski definition) is 4. The lowest BCUT2D eigenvalue weighted by Crippen LogP contribution is -2.38. The molecule has 1 heterocycles. The number of piperidine rings is 1. The van der Waals surface area contributed by atoms with E-state index >= 15 is 0 Å². The molecule has 0 radical (unpaired) electrons. The number of ether oxygens (including phenoxy) is 1. The van der Waals surface area contributed by atoms with Crippen LogP contribution in [0.2, 0.25) is 0 Å². The molecule has 112 valence electrons. The van der Waals surface area contributed by atoms with Gasteiger partial charge in [-0.3, -0.25) is 4.79 Å². The van der Waals surface area contributed by atoms with E-state index in [1.165, 1.54) is 32.4 Å². The third kappa shape index (κ3) is 7.53. The van der Waals surface area contributed by atoms with E-state index in [-0.39, 0.29) is 17.5 Å². The second kappa shape index (κ2) is 7.85. The predicted molar refractivity (Wildman–Crippen MR) is 78.2 cm³/mol. The van der Waals surface area contributed by atoms with Gasteiger partial charge in [-0.25, -0.2) is 0 Å². The van der Waals surface area contributed by atoms with Gasteiger partial charge in [0.25, 0.3) is 0 Å². The predicted octanol–water partition coefficient (Wildman–Crippen LogP) is 2.04. The van der Waals surface area contributed by atoms with Gasteiger partial charge in [-0.05, 0) is 46.7 Å². The first kappa shape index (κ1) is 16.4. The Morgan fingerprint density at radius 3 is 2.47 bits per heavy atom. The summed E-state index contributed by atoms with van der Waals surface area (Å²) in [7, 11) is 0. The number of likely N-dealkylation sites (tertiary alicyclic amines) is 1. The van der Waals surface area contributed by atoms with Crippen molar-refractivity contribution in [3.63, 3.8) is 0 Å². The monoisotopic (exact) mass is 270 g/mol. The fourth-order valence-corrected chi connectivity index (χ4v) is 2.22.